The zero-order valence-electron chi connectivity index (χ0n) is 15.4. The Morgan fingerprint density at radius 1 is 1.07 bits per heavy atom. The maximum Gasteiger partial charge on any atom is 0.251 e. The van der Waals surface area contributed by atoms with Gasteiger partial charge in [0.15, 0.2) is 11.5 Å². The number of aliphatic hydroxyl groups is 2. The predicted octanol–water partition coefficient (Wildman–Crippen LogP) is 1.12. The normalized spacial score (nSPS) is 12.8. The van der Waals surface area contributed by atoms with Crippen LogP contribution in [-0.4, -0.2) is 50.1 Å². The number of rotatable bonds is 8. The van der Waals surface area contributed by atoms with Gasteiger partial charge in [0.2, 0.25) is 5.75 Å². The summed E-state index contributed by atoms with van der Waals surface area (Å²) in [5.41, 5.74) is 6.94. The Hall–Kier alpha value is -2.97. The molecule has 2 unspecified atom stereocenters. The molecular formula is C19H24N2O6. The monoisotopic (exact) mass is 376 g/mol. The third-order valence-corrected chi connectivity index (χ3v) is 4.10. The van der Waals surface area contributed by atoms with E-state index in [2.05, 4.69) is 5.32 Å². The van der Waals surface area contributed by atoms with Gasteiger partial charge in [-0.2, -0.15) is 0 Å². The van der Waals surface area contributed by atoms with Crippen LogP contribution in [-0.2, 0) is 0 Å². The van der Waals surface area contributed by atoms with Gasteiger partial charge in [-0.05, 0) is 29.8 Å². The molecule has 0 saturated carbocycles. The van der Waals surface area contributed by atoms with Gasteiger partial charge in [0.25, 0.3) is 5.91 Å². The van der Waals surface area contributed by atoms with Crippen molar-refractivity contribution in [3.05, 3.63) is 47.5 Å². The molecule has 0 spiro atoms. The van der Waals surface area contributed by atoms with Crippen molar-refractivity contribution in [2.45, 2.75) is 12.1 Å². The molecule has 0 aliphatic carbocycles. The van der Waals surface area contributed by atoms with Gasteiger partial charge in [0.1, 0.15) is 6.10 Å². The molecule has 1 amide bonds. The van der Waals surface area contributed by atoms with Crippen molar-refractivity contribution in [3.63, 3.8) is 0 Å². The Morgan fingerprint density at radius 2 is 1.63 bits per heavy atom. The van der Waals surface area contributed by atoms with Crippen LogP contribution in [0.25, 0.3) is 0 Å². The minimum atomic E-state index is -1.11. The quantitative estimate of drug-likeness (QED) is 0.509. The van der Waals surface area contributed by atoms with Gasteiger partial charge in [-0.25, -0.2) is 0 Å². The first kappa shape index (κ1) is 20.3. The van der Waals surface area contributed by atoms with E-state index in [1.165, 1.54) is 33.5 Å². The summed E-state index contributed by atoms with van der Waals surface area (Å²) >= 11 is 0. The highest BCUT2D eigenvalue weighted by atomic mass is 16.5. The summed E-state index contributed by atoms with van der Waals surface area (Å²) in [6, 6.07) is 8.59. The number of hydrogen-bond donors (Lipinski definition) is 4. The van der Waals surface area contributed by atoms with Crippen molar-refractivity contribution in [1.29, 1.82) is 0 Å². The van der Waals surface area contributed by atoms with Gasteiger partial charge in [-0.1, -0.05) is 12.1 Å². The zero-order chi connectivity index (χ0) is 20.0. The van der Waals surface area contributed by atoms with Crippen molar-refractivity contribution in [2.75, 3.05) is 33.7 Å². The van der Waals surface area contributed by atoms with E-state index in [-0.39, 0.29) is 5.56 Å². The van der Waals surface area contributed by atoms with Crippen LogP contribution in [0, 0.1) is 0 Å². The van der Waals surface area contributed by atoms with Crippen LogP contribution < -0.4 is 25.3 Å². The molecule has 0 radical (unpaired) electrons. The summed E-state index contributed by atoms with van der Waals surface area (Å²) < 4.78 is 15.7. The van der Waals surface area contributed by atoms with Crippen molar-refractivity contribution in [3.8, 4) is 17.2 Å². The molecule has 146 valence electrons. The predicted molar refractivity (Wildman–Crippen MR) is 100 cm³/mol. The Bertz CT molecular complexity index is 753. The second-order valence-electron chi connectivity index (χ2n) is 5.79. The summed E-state index contributed by atoms with van der Waals surface area (Å²) in [6.45, 7) is -0.457. The van der Waals surface area contributed by atoms with Crippen LogP contribution in [0.15, 0.2) is 36.4 Å². The Kier molecular flexibility index (Phi) is 6.86. The molecule has 2 aromatic rings. The number of carbonyl (C=O) groups excluding carboxylic acids is 1. The van der Waals surface area contributed by atoms with Gasteiger partial charge in [-0.3, -0.25) is 4.79 Å². The van der Waals surface area contributed by atoms with E-state index < -0.39 is 24.7 Å². The third-order valence-electron chi connectivity index (χ3n) is 4.10. The van der Waals surface area contributed by atoms with E-state index in [1.54, 1.807) is 24.3 Å². The topological polar surface area (TPSA) is 123 Å². The molecule has 2 aromatic carbocycles. The molecule has 0 aliphatic rings. The fraction of sp³-hybridized carbons (Fsp3) is 0.316. The second-order valence-corrected chi connectivity index (χ2v) is 5.79. The highest BCUT2D eigenvalue weighted by Gasteiger charge is 2.24. The first-order chi connectivity index (χ1) is 12.9. The lowest BCUT2D eigenvalue weighted by Gasteiger charge is -2.23. The first-order valence-electron chi connectivity index (χ1n) is 8.20. The van der Waals surface area contributed by atoms with Crippen LogP contribution in [0.4, 0.5) is 5.69 Å². The van der Waals surface area contributed by atoms with Gasteiger partial charge in [0.05, 0.1) is 34.0 Å². The second kappa shape index (κ2) is 9.11. The van der Waals surface area contributed by atoms with Crippen LogP contribution >= 0.6 is 0 Å². The SMILES string of the molecule is COc1cc(C(=O)NC(CO)C(O)c2ccc(N)cc2)cc(OC)c1OC. The molecule has 8 heteroatoms. The highest BCUT2D eigenvalue weighted by Crippen LogP contribution is 2.38. The largest absolute Gasteiger partial charge is 0.493 e. The van der Waals surface area contributed by atoms with Crippen LogP contribution in [0.1, 0.15) is 22.0 Å². The average Bonchev–Trinajstić information content (AvgIpc) is 2.70. The zero-order valence-corrected chi connectivity index (χ0v) is 15.4. The summed E-state index contributed by atoms with van der Waals surface area (Å²) in [5.74, 6) is 0.489. The molecule has 8 nitrogen and oxygen atoms in total. The number of nitrogens with two attached hydrogens (primary N) is 1. The maximum absolute atomic E-state index is 12.6. The summed E-state index contributed by atoms with van der Waals surface area (Å²) in [7, 11) is 4.35. The summed E-state index contributed by atoms with van der Waals surface area (Å²) in [4.78, 5) is 12.6. The number of ether oxygens (including phenoxy) is 3. The van der Waals surface area contributed by atoms with Gasteiger partial charge < -0.3 is 35.5 Å². The maximum atomic E-state index is 12.6. The third kappa shape index (κ3) is 4.60. The fourth-order valence-corrected chi connectivity index (χ4v) is 2.61. The minimum absolute atomic E-state index is 0.229. The molecule has 27 heavy (non-hydrogen) atoms. The number of nitrogens with one attached hydrogen (secondary N) is 1. The number of nitrogen functional groups attached to an aromatic ring is 1. The van der Waals surface area contributed by atoms with Gasteiger partial charge in [-0.15, -0.1) is 0 Å². The minimum Gasteiger partial charge on any atom is -0.493 e. The average molecular weight is 376 g/mol. The van der Waals surface area contributed by atoms with Crippen molar-refractivity contribution in [2.24, 2.45) is 0 Å². The Labute approximate surface area is 157 Å². The molecule has 5 N–H and O–H groups in total. The van der Waals surface area contributed by atoms with Gasteiger partial charge in [0, 0.05) is 11.3 Å². The van der Waals surface area contributed by atoms with Crippen LogP contribution in [0.3, 0.4) is 0 Å². The number of aliphatic hydroxyl groups excluding tert-OH is 2. The van der Waals surface area contributed by atoms with E-state index in [0.717, 1.165) is 0 Å². The summed E-state index contributed by atoms with van der Waals surface area (Å²) in [6.07, 6.45) is -1.11. The Morgan fingerprint density at radius 3 is 2.07 bits per heavy atom. The van der Waals surface area contributed by atoms with E-state index in [9.17, 15) is 15.0 Å². The number of amides is 1. The number of methoxy groups -OCH3 is 3. The lowest BCUT2D eigenvalue weighted by atomic mass is 10.0. The van der Waals surface area contributed by atoms with Crippen molar-refractivity contribution < 1.29 is 29.2 Å². The van der Waals surface area contributed by atoms with Crippen LogP contribution in [0.2, 0.25) is 0 Å². The van der Waals surface area contributed by atoms with E-state index in [4.69, 9.17) is 19.9 Å². The standard InChI is InChI=1S/C19H24N2O6/c1-25-15-8-12(9-16(26-2)18(15)27-3)19(24)21-14(10-22)17(23)11-4-6-13(20)7-5-11/h4-9,14,17,22-23H,10,20H2,1-3H3,(H,21,24). The molecule has 2 atom stereocenters. The Balaban J connectivity index is 2.24. The van der Waals surface area contributed by atoms with Crippen LogP contribution in [0.5, 0.6) is 17.2 Å². The molecule has 0 heterocycles. The molecule has 0 bridgehead atoms. The number of benzene rings is 2. The molecule has 0 aromatic heterocycles. The molecule has 0 aliphatic heterocycles. The molecular weight excluding hydrogens is 352 g/mol. The highest BCUT2D eigenvalue weighted by molar-refractivity contribution is 5.95. The van der Waals surface area contributed by atoms with E-state index >= 15 is 0 Å². The summed E-state index contributed by atoms with van der Waals surface area (Å²) in [5, 5.41) is 22.7. The first-order valence-corrected chi connectivity index (χ1v) is 8.20. The lowest BCUT2D eigenvalue weighted by molar-refractivity contribution is 0.0702. The molecule has 2 rings (SSSR count). The van der Waals surface area contributed by atoms with Crippen molar-refractivity contribution >= 4 is 11.6 Å². The smallest absolute Gasteiger partial charge is 0.251 e. The number of carbonyl (C=O) groups is 1. The molecule has 0 fully saturated rings. The fourth-order valence-electron chi connectivity index (χ4n) is 2.61. The van der Waals surface area contributed by atoms with E-state index in [1.807, 2.05) is 0 Å². The molecule has 0 saturated heterocycles. The van der Waals surface area contributed by atoms with Gasteiger partial charge >= 0.3 is 0 Å². The lowest BCUT2D eigenvalue weighted by Crippen LogP contribution is -2.42. The number of anilines is 1. The van der Waals surface area contributed by atoms with Crippen molar-refractivity contribution in [1.82, 2.24) is 5.32 Å². The number of hydrogen-bond acceptors (Lipinski definition) is 7. The van der Waals surface area contributed by atoms with E-state index in [0.29, 0.717) is 28.5 Å².